The lowest BCUT2D eigenvalue weighted by atomic mass is 9.97. The van der Waals surface area contributed by atoms with E-state index in [2.05, 4.69) is 32.0 Å². The van der Waals surface area contributed by atoms with Gasteiger partial charge in [0.25, 0.3) is 0 Å². The fraction of sp³-hybridized carbons (Fsp3) is 0.355. The van der Waals surface area contributed by atoms with E-state index in [0.29, 0.717) is 38.3 Å². The van der Waals surface area contributed by atoms with E-state index < -0.39 is 10.0 Å². The Bertz CT molecular complexity index is 1670. The zero-order chi connectivity index (χ0) is 28.6. The number of piperazine rings is 1. The molecule has 1 atom stereocenters. The van der Waals surface area contributed by atoms with Gasteiger partial charge >= 0.3 is 0 Å². The number of aromatic nitrogens is 3. The van der Waals surface area contributed by atoms with Crippen LogP contribution in [0.15, 0.2) is 71.9 Å². The third-order valence-electron chi connectivity index (χ3n) is 8.09. The van der Waals surface area contributed by atoms with Crippen molar-refractivity contribution >= 4 is 32.5 Å². The second-order valence-electron chi connectivity index (χ2n) is 10.9. The fourth-order valence-electron chi connectivity index (χ4n) is 5.85. The van der Waals surface area contributed by atoms with Crippen molar-refractivity contribution in [2.75, 3.05) is 44.2 Å². The molecule has 2 aliphatic rings. The Kier molecular flexibility index (Phi) is 7.44. The molecular weight excluding hydrogens is 536 g/mol. The minimum Gasteiger partial charge on any atom is -0.367 e. The lowest BCUT2D eigenvalue weighted by Gasteiger charge is -2.39. The van der Waals surface area contributed by atoms with Crippen molar-refractivity contribution in [3.8, 4) is 11.1 Å². The summed E-state index contributed by atoms with van der Waals surface area (Å²) >= 11 is 0. The Hall–Kier alpha value is -3.89. The average molecular weight is 571 g/mol. The highest BCUT2D eigenvalue weighted by molar-refractivity contribution is 7.89. The van der Waals surface area contributed by atoms with Gasteiger partial charge in [-0.1, -0.05) is 30.3 Å². The van der Waals surface area contributed by atoms with Gasteiger partial charge in [-0.25, -0.2) is 18.4 Å². The molecule has 4 aromatic rings. The molecule has 0 radical (unpaired) electrons. The predicted molar refractivity (Wildman–Crippen MR) is 159 cm³/mol. The van der Waals surface area contributed by atoms with E-state index in [-0.39, 0.29) is 23.3 Å². The van der Waals surface area contributed by atoms with Crippen molar-refractivity contribution in [1.82, 2.24) is 24.2 Å². The molecule has 1 unspecified atom stereocenters. The van der Waals surface area contributed by atoms with Gasteiger partial charge in [-0.2, -0.15) is 4.31 Å². The summed E-state index contributed by atoms with van der Waals surface area (Å²) in [5.41, 5.74) is 4.78. The van der Waals surface area contributed by atoms with Gasteiger partial charge in [-0.15, -0.1) is 0 Å². The number of sulfonamides is 1. The van der Waals surface area contributed by atoms with Crippen LogP contribution in [0.3, 0.4) is 0 Å². The molecule has 0 bridgehead atoms. The van der Waals surface area contributed by atoms with Crippen molar-refractivity contribution in [1.29, 1.82) is 0 Å². The Labute approximate surface area is 240 Å². The van der Waals surface area contributed by atoms with E-state index in [0.717, 1.165) is 46.5 Å². The van der Waals surface area contributed by atoms with Gasteiger partial charge in [0.2, 0.25) is 15.9 Å². The van der Waals surface area contributed by atoms with Crippen LogP contribution in [0.4, 0.5) is 5.69 Å². The maximum absolute atomic E-state index is 13.6. The molecule has 10 heteroatoms. The predicted octanol–water partition coefficient (Wildman–Crippen LogP) is 4.06. The maximum Gasteiger partial charge on any atom is 0.243 e. The molecule has 0 saturated carbocycles. The van der Waals surface area contributed by atoms with Crippen molar-refractivity contribution < 1.29 is 13.2 Å². The number of anilines is 1. The summed E-state index contributed by atoms with van der Waals surface area (Å²) in [5, 5.41) is 1.12. The van der Waals surface area contributed by atoms with Crippen LogP contribution in [0.5, 0.6) is 0 Å². The summed E-state index contributed by atoms with van der Waals surface area (Å²) in [6.45, 7) is 7.14. The molecule has 2 saturated heterocycles. The fourth-order valence-corrected chi connectivity index (χ4v) is 7.37. The van der Waals surface area contributed by atoms with Gasteiger partial charge in [-0.3, -0.25) is 9.78 Å². The first kappa shape index (κ1) is 27.3. The number of fused-ring (bicyclic) bond motifs is 1. The lowest BCUT2D eigenvalue weighted by molar-refractivity contribution is -0.137. The van der Waals surface area contributed by atoms with Crippen LogP contribution in [0.25, 0.3) is 22.0 Å². The monoisotopic (exact) mass is 570 g/mol. The molecule has 41 heavy (non-hydrogen) atoms. The number of carbonyl (C=O) groups excluding carboxylic acids is 1. The van der Waals surface area contributed by atoms with Crippen LogP contribution >= 0.6 is 0 Å². The van der Waals surface area contributed by atoms with E-state index in [9.17, 15) is 13.2 Å². The number of hydrogen-bond acceptors (Lipinski definition) is 7. The first-order chi connectivity index (χ1) is 19.8. The minimum absolute atomic E-state index is 0.0510. The highest BCUT2D eigenvalue weighted by atomic mass is 32.2. The molecule has 2 aliphatic heterocycles. The van der Waals surface area contributed by atoms with Crippen LogP contribution in [-0.4, -0.2) is 77.8 Å². The third kappa shape index (κ3) is 5.54. The van der Waals surface area contributed by atoms with Crippen LogP contribution in [-0.2, 0) is 14.8 Å². The van der Waals surface area contributed by atoms with Crippen LogP contribution < -0.4 is 4.90 Å². The van der Waals surface area contributed by atoms with E-state index in [4.69, 9.17) is 0 Å². The molecule has 6 rings (SSSR count). The van der Waals surface area contributed by atoms with Gasteiger partial charge in [0.1, 0.15) is 5.82 Å². The largest absolute Gasteiger partial charge is 0.367 e. The maximum atomic E-state index is 13.6. The summed E-state index contributed by atoms with van der Waals surface area (Å²) in [6.07, 6.45) is 4.82. The molecule has 0 N–H and O–H groups in total. The van der Waals surface area contributed by atoms with E-state index in [1.165, 1.54) is 4.31 Å². The second kappa shape index (κ2) is 11.2. The number of carbonyl (C=O) groups is 1. The quantitative estimate of drug-likeness (QED) is 0.357. The van der Waals surface area contributed by atoms with Gasteiger partial charge < -0.3 is 9.80 Å². The SMILES string of the molecule is Cc1cc(N2CCN(C(=O)C3CCCN(S(=O)(=O)c4ccc(-c5cnc(C)nc5)cc4)C3)CC2)c2ccccc2n1. The molecule has 1 amide bonds. The smallest absolute Gasteiger partial charge is 0.243 e. The number of hydrogen-bond donors (Lipinski definition) is 0. The van der Waals surface area contributed by atoms with Gasteiger partial charge in [0.15, 0.2) is 0 Å². The average Bonchev–Trinajstić information content (AvgIpc) is 3.01. The van der Waals surface area contributed by atoms with Gasteiger partial charge in [0.05, 0.1) is 16.3 Å². The topological polar surface area (TPSA) is 99.6 Å². The second-order valence-corrected chi connectivity index (χ2v) is 12.8. The number of amides is 1. The van der Waals surface area contributed by atoms with Gasteiger partial charge in [-0.05, 0) is 56.5 Å². The highest BCUT2D eigenvalue weighted by Crippen LogP contribution is 2.30. The molecule has 9 nitrogen and oxygen atoms in total. The molecule has 0 spiro atoms. The molecular formula is C31H34N6O3S. The first-order valence-corrected chi connectivity index (χ1v) is 15.5. The van der Waals surface area contributed by atoms with Crippen molar-refractivity contribution in [2.24, 2.45) is 5.92 Å². The Morgan fingerprint density at radius 1 is 0.878 bits per heavy atom. The molecule has 2 fully saturated rings. The Morgan fingerprint density at radius 2 is 1.59 bits per heavy atom. The Morgan fingerprint density at radius 3 is 2.32 bits per heavy atom. The summed E-state index contributed by atoms with van der Waals surface area (Å²) in [6, 6.07) is 17.1. The summed E-state index contributed by atoms with van der Waals surface area (Å²) < 4.78 is 28.5. The molecule has 0 aliphatic carbocycles. The zero-order valence-electron chi connectivity index (χ0n) is 23.4. The number of benzene rings is 2. The Balaban J connectivity index is 1.11. The molecule has 2 aromatic carbocycles. The van der Waals surface area contributed by atoms with Crippen LogP contribution in [0, 0.1) is 19.8 Å². The summed E-state index contributed by atoms with van der Waals surface area (Å²) in [4.78, 5) is 31.1. The standard InChI is InChI=1S/C31H34N6O3S/c1-22-18-30(28-7-3-4-8-29(28)34-22)35-14-16-36(17-15-35)31(38)25-6-5-13-37(21-25)41(39,40)27-11-9-24(10-12-27)26-19-32-23(2)33-20-26/h3-4,7-12,18-20,25H,5-6,13-17,21H2,1-2H3. The van der Waals surface area contributed by atoms with Crippen molar-refractivity contribution in [3.63, 3.8) is 0 Å². The van der Waals surface area contributed by atoms with E-state index in [1.54, 1.807) is 36.7 Å². The van der Waals surface area contributed by atoms with Crippen molar-refractivity contribution in [2.45, 2.75) is 31.6 Å². The van der Waals surface area contributed by atoms with Crippen LogP contribution in [0.1, 0.15) is 24.4 Å². The lowest BCUT2D eigenvalue weighted by Crippen LogP contribution is -2.53. The third-order valence-corrected chi connectivity index (χ3v) is 9.97. The highest BCUT2D eigenvalue weighted by Gasteiger charge is 2.36. The van der Waals surface area contributed by atoms with Crippen LogP contribution in [0.2, 0.25) is 0 Å². The number of nitrogens with zero attached hydrogens (tertiary/aromatic N) is 6. The molecule has 212 valence electrons. The van der Waals surface area contributed by atoms with E-state index in [1.807, 2.05) is 36.9 Å². The minimum atomic E-state index is -3.72. The number of para-hydroxylation sites is 1. The normalized spacial score (nSPS) is 18.5. The summed E-state index contributed by atoms with van der Waals surface area (Å²) in [5.74, 6) is 0.398. The zero-order valence-corrected chi connectivity index (χ0v) is 24.2. The molecule has 2 aromatic heterocycles. The number of aryl methyl sites for hydroxylation is 2. The van der Waals surface area contributed by atoms with E-state index >= 15 is 0 Å². The number of piperidine rings is 1. The summed E-state index contributed by atoms with van der Waals surface area (Å²) in [7, 11) is -3.72. The first-order valence-electron chi connectivity index (χ1n) is 14.1. The van der Waals surface area contributed by atoms with Crippen molar-refractivity contribution in [3.05, 3.63) is 78.5 Å². The molecule has 4 heterocycles. The van der Waals surface area contributed by atoms with Gasteiger partial charge in [0, 0.05) is 74.0 Å². The number of rotatable bonds is 5. The number of pyridine rings is 1.